The molecule has 0 radical (unpaired) electrons. The highest BCUT2D eigenvalue weighted by atomic mass is 35.5. The van der Waals surface area contributed by atoms with E-state index < -0.39 is 17.1 Å². The lowest BCUT2D eigenvalue weighted by atomic mass is 9.82. The van der Waals surface area contributed by atoms with Crippen LogP contribution in [0.25, 0.3) is 0 Å². The maximum atomic E-state index is 12.5. The van der Waals surface area contributed by atoms with Crippen LogP contribution in [0.2, 0.25) is 0 Å². The molecule has 126 valence electrons. The van der Waals surface area contributed by atoms with Gasteiger partial charge >= 0.3 is 6.03 Å². The van der Waals surface area contributed by atoms with Crippen molar-refractivity contribution in [1.29, 1.82) is 0 Å². The van der Waals surface area contributed by atoms with Crippen molar-refractivity contribution < 1.29 is 14.4 Å². The van der Waals surface area contributed by atoms with Gasteiger partial charge in [0, 0.05) is 12.1 Å². The van der Waals surface area contributed by atoms with E-state index in [0.29, 0.717) is 12.8 Å². The molecule has 0 aromatic heterocycles. The largest absolute Gasteiger partial charge is 0.348 e. The van der Waals surface area contributed by atoms with Gasteiger partial charge in [-0.2, -0.15) is 0 Å². The molecule has 1 aliphatic carbocycles. The predicted octanol–water partition coefficient (Wildman–Crippen LogP) is 0.516. The second-order valence-electron chi connectivity index (χ2n) is 6.60. The van der Waals surface area contributed by atoms with Crippen LogP contribution in [-0.2, 0) is 9.59 Å². The molecule has 0 bridgehead atoms. The van der Waals surface area contributed by atoms with E-state index in [2.05, 4.69) is 10.6 Å². The third kappa shape index (κ3) is 3.70. The number of hydrogen-bond acceptors (Lipinski definition) is 4. The average Bonchev–Trinajstić information content (AvgIpc) is 2.64. The molecule has 4 N–H and O–H groups in total. The number of hydrogen-bond donors (Lipinski definition) is 3. The number of nitrogens with zero attached hydrogens (tertiary/aromatic N) is 1. The smallest absolute Gasteiger partial charge is 0.325 e. The highest BCUT2D eigenvalue weighted by Gasteiger charge is 2.51. The third-order valence-electron chi connectivity index (χ3n) is 4.24. The van der Waals surface area contributed by atoms with E-state index in [9.17, 15) is 14.4 Å². The number of urea groups is 1. The summed E-state index contributed by atoms with van der Waals surface area (Å²) in [5, 5.41) is 5.51. The number of nitrogens with one attached hydrogen (secondary N) is 2. The Labute approximate surface area is 136 Å². The molecule has 1 aliphatic heterocycles. The summed E-state index contributed by atoms with van der Waals surface area (Å²) in [6, 6.07) is -0.470. The first-order valence-corrected chi connectivity index (χ1v) is 7.45. The fraction of sp³-hybridized carbons (Fsp3) is 0.786. The van der Waals surface area contributed by atoms with Crippen molar-refractivity contribution in [3.05, 3.63) is 0 Å². The number of nitrogens with two attached hydrogens (primary N) is 1. The van der Waals surface area contributed by atoms with Crippen LogP contribution in [-0.4, -0.2) is 46.9 Å². The molecule has 0 aromatic carbocycles. The van der Waals surface area contributed by atoms with Crippen molar-refractivity contribution in [3.8, 4) is 0 Å². The summed E-state index contributed by atoms with van der Waals surface area (Å²) in [6.07, 6.45) is 4.24. The molecule has 7 nitrogen and oxygen atoms in total. The van der Waals surface area contributed by atoms with E-state index in [1.807, 2.05) is 0 Å². The second kappa shape index (κ2) is 6.83. The zero-order valence-electron chi connectivity index (χ0n) is 13.1. The topological polar surface area (TPSA) is 105 Å². The summed E-state index contributed by atoms with van der Waals surface area (Å²) in [4.78, 5) is 37.5. The standard InChI is InChI=1S/C14H24N4O3.ClH/c1-13(2,9-15)16-10(19)8-18-11(20)14(17-12(18)21)6-4-3-5-7-14;/h3-9,15H2,1-2H3,(H,16,19)(H,17,21);1H. The molecule has 1 heterocycles. The Morgan fingerprint density at radius 3 is 2.45 bits per heavy atom. The summed E-state index contributed by atoms with van der Waals surface area (Å²) in [7, 11) is 0. The van der Waals surface area contributed by atoms with E-state index >= 15 is 0 Å². The van der Waals surface area contributed by atoms with E-state index in [1.54, 1.807) is 13.8 Å². The Kier molecular flexibility index (Phi) is 5.81. The molecule has 1 saturated carbocycles. The summed E-state index contributed by atoms with van der Waals surface area (Å²) >= 11 is 0. The fourth-order valence-corrected chi connectivity index (χ4v) is 2.93. The van der Waals surface area contributed by atoms with Gasteiger partial charge in [0.1, 0.15) is 12.1 Å². The molecule has 1 saturated heterocycles. The van der Waals surface area contributed by atoms with Crippen LogP contribution in [0, 0.1) is 0 Å². The Balaban J connectivity index is 0.00000242. The van der Waals surface area contributed by atoms with Crippen molar-refractivity contribution >= 4 is 30.3 Å². The number of halogens is 1. The van der Waals surface area contributed by atoms with Crippen LogP contribution >= 0.6 is 12.4 Å². The minimum atomic E-state index is -0.779. The summed E-state index contributed by atoms with van der Waals surface area (Å²) in [6.45, 7) is 3.61. The molecule has 22 heavy (non-hydrogen) atoms. The number of rotatable bonds is 4. The lowest BCUT2D eigenvalue weighted by molar-refractivity contribution is -0.136. The molecular weight excluding hydrogens is 308 g/mol. The van der Waals surface area contributed by atoms with Crippen LogP contribution in [0.15, 0.2) is 0 Å². The Bertz CT molecular complexity index is 461. The van der Waals surface area contributed by atoms with E-state index in [-0.39, 0.29) is 37.3 Å². The zero-order valence-corrected chi connectivity index (χ0v) is 13.9. The van der Waals surface area contributed by atoms with Gasteiger partial charge in [-0.25, -0.2) is 4.79 Å². The zero-order chi connectivity index (χ0) is 15.7. The predicted molar refractivity (Wildman–Crippen MR) is 84.6 cm³/mol. The lowest BCUT2D eigenvalue weighted by Gasteiger charge is -2.30. The first kappa shape index (κ1) is 18.7. The quantitative estimate of drug-likeness (QED) is 0.652. The van der Waals surface area contributed by atoms with Crippen molar-refractivity contribution in [1.82, 2.24) is 15.5 Å². The molecule has 0 aromatic rings. The van der Waals surface area contributed by atoms with E-state index in [1.165, 1.54) is 0 Å². The first-order valence-electron chi connectivity index (χ1n) is 7.45. The highest BCUT2D eigenvalue weighted by molar-refractivity contribution is 6.09. The van der Waals surface area contributed by atoms with E-state index in [0.717, 1.165) is 24.2 Å². The van der Waals surface area contributed by atoms with Crippen molar-refractivity contribution in [2.24, 2.45) is 5.73 Å². The number of carbonyl (C=O) groups excluding carboxylic acids is 3. The van der Waals surface area contributed by atoms with Crippen LogP contribution < -0.4 is 16.4 Å². The third-order valence-corrected chi connectivity index (χ3v) is 4.24. The van der Waals surface area contributed by atoms with Crippen molar-refractivity contribution in [2.45, 2.75) is 57.0 Å². The SMILES string of the molecule is CC(C)(CN)NC(=O)CN1C(=O)NC2(CCCCC2)C1=O.Cl. The van der Waals surface area contributed by atoms with Gasteiger partial charge in [0.25, 0.3) is 5.91 Å². The molecule has 2 rings (SSSR count). The average molecular weight is 333 g/mol. The van der Waals surface area contributed by atoms with Gasteiger partial charge in [-0.3, -0.25) is 14.5 Å². The van der Waals surface area contributed by atoms with Crippen LogP contribution in [0.3, 0.4) is 0 Å². The first-order chi connectivity index (χ1) is 9.80. The van der Waals surface area contributed by atoms with Gasteiger partial charge in [-0.15, -0.1) is 12.4 Å². The van der Waals surface area contributed by atoms with Crippen LogP contribution in [0.5, 0.6) is 0 Å². The number of amides is 4. The Hall–Kier alpha value is -1.34. The minimum Gasteiger partial charge on any atom is -0.348 e. The molecule has 0 atom stereocenters. The normalized spacial score (nSPS) is 20.6. The van der Waals surface area contributed by atoms with Gasteiger partial charge in [0.15, 0.2) is 0 Å². The van der Waals surface area contributed by atoms with Gasteiger partial charge in [0.05, 0.1) is 0 Å². The summed E-state index contributed by atoms with van der Waals surface area (Å²) in [5.41, 5.74) is 4.22. The lowest BCUT2D eigenvalue weighted by Crippen LogP contribution is -2.53. The Morgan fingerprint density at radius 2 is 1.91 bits per heavy atom. The van der Waals surface area contributed by atoms with Crippen molar-refractivity contribution in [2.75, 3.05) is 13.1 Å². The minimum absolute atomic E-state index is 0. The van der Waals surface area contributed by atoms with E-state index in [4.69, 9.17) is 5.73 Å². The molecule has 2 aliphatic rings. The van der Waals surface area contributed by atoms with Crippen molar-refractivity contribution in [3.63, 3.8) is 0 Å². The molecule has 8 heteroatoms. The highest BCUT2D eigenvalue weighted by Crippen LogP contribution is 2.33. The number of imide groups is 1. The fourth-order valence-electron chi connectivity index (χ4n) is 2.93. The van der Waals surface area contributed by atoms with Gasteiger partial charge < -0.3 is 16.4 Å². The van der Waals surface area contributed by atoms with Crippen LogP contribution in [0.4, 0.5) is 4.79 Å². The molecule has 4 amide bonds. The molecule has 0 unspecified atom stereocenters. The monoisotopic (exact) mass is 332 g/mol. The maximum absolute atomic E-state index is 12.5. The summed E-state index contributed by atoms with van der Waals surface area (Å²) in [5.74, 6) is -0.644. The van der Waals surface area contributed by atoms with Crippen LogP contribution in [0.1, 0.15) is 46.0 Å². The van der Waals surface area contributed by atoms with Gasteiger partial charge in [-0.05, 0) is 26.7 Å². The maximum Gasteiger partial charge on any atom is 0.325 e. The van der Waals surface area contributed by atoms with Gasteiger partial charge in [0.2, 0.25) is 5.91 Å². The molecule has 1 spiro atoms. The van der Waals surface area contributed by atoms with Gasteiger partial charge in [-0.1, -0.05) is 19.3 Å². The second-order valence-corrected chi connectivity index (χ2v) is 6.60. The summed E-state index contributed by atoms with van der Waals surface area (Å²) < 4.78 is 0. The Morgan fingerprint density at radius 1 is 1.32 bits per heavy atom. The molecular formula is C14H25ClN4O3. The molecule has 2 fully saturated rings. The number of carbonyl (C=O) groups is 3.